The molecule has 0 amide bonds. The Morgan fingerprint density at radius 3 is 2.00 bits per heavy atom. The summed E-state index contributed by atoms with van der Waals surface area (Å²) in [5.41, 5.74) is 2.09. The molecule has 0 heterocycles. The van der Waals surface area contributed by atoms with Gasteiger partial charge in [0.1, 0.15) is 11.9 Å². The molecule has 0 aliphatic heterocycles. The third kappa shape index (κ3) is 2.14. The summed E-state index contributed by atoms with van der Waals surface area (Å²) in [5.74, 6) is -0.533. The predicted molar refractivity (Wildman–Crippen MR) is 61.3 cm³/mol. The lowest BCUT2D eigenvalue weighted by molar-refractivity contribution is 0.624. The second-order valence-corrected chi connectivity index (χ2v) is 3.50. The molecule has 0 saturated carbocycles. The van der Waals surface area contributed by atoms with Crippen molar-refractivity contribution in [2.24, 2.45) is 0 Å². The van der Waals surface area contributed by atoms with Crippen LogP contribution in [-0.4, -0.2) is 0 Å². The van der Waals surface area contributed by atoms with Gasteiger partial charge in [-0.05, 0) is 35.4 Å². The molecule has 0 spiro atoms. The molecule has 3 heteroatoms. The molecule has 2 rings (SSSR count). The lowest BCUT2D eigenvalue weighted by Crippen LogP contribution is -1.85. The Morgan fingerprint density at radius 1 is 0.824 bits per heavy atom. The lowest BCUT2D eigenvalue weighted by Gasteiger charge is -2.02. The van der Waals surface area contributed by atoms with Crippen LogP contribution in [0.1, 0.15) is 11.1 Å². The molecule has 0 N–H and O–H groups in total. The number of rotatable bonds is 1. The van der Waals surface area contributed by atoms with Crippen LogP contribution in [0.5, 0.6) is 0 Å². The van der Waals surface area contributed by atoms with Gasteiger partial charge >= 0.3 is 0 Å². The van der Waals surface area contributed by atoms with Crippen molar-refractivity contribution in [2.45, 2.75) is 0 Å². The van der Waals surface area contributed by atoms with Gasteiger partial charge in [0, 0.05) is 0 Å². The van der Waals surface area contributed by atoms with Gasteiger partial charge in [-0.25, -0.2) is 4.39 Å². The van der Waals surface area contributed by atoms with Gasteiger partial charge < -0.3 is 0 Å². The third-order valence-corrected chi connectivity index (χ3v) is 2.44. The van der Waals surface area contributed by atoms with Gasteiger partial charge in [0.2, 0.25) is 0 Å². The van der Waals surface area contributed by atoms with Crippen LogP contribution >= 0.6 is 0 Å². The molecule has 2 aromatic rings. The van der Waals surface area contributed by atoms with Crippen molar-refractivity contribution in [1.82, 2.24) is 0 Å². The summed E-state index contributed by atoms with van der Waals surface area (Å²) in [6.07, 6.45) is 0. The molecular formula is C14H7FN2. The van der Waals surface area contributed by atoms with E-state index in [0.29, 0.717) is 11.1 Å². The summed E-state index contributed by atoms with van der Waals surface area (Å²) >= 11 is 0. The Balaban J connectivity index is 2.44. The largest absolute Gasteiger partial charge is 0.206 e. The molecule has 0 aromatic heterocycles. The quantitative estimate of drug-likeness (QED) is 0.743. The van der Waals surface area contributed by atoms with Crippen LogP contribution in [0.2, 0.25) is 0 Å². The van der Waals surface area contributed by atoms with E-state index in [-0.39, 0.29) is 5.56 Å². The number of benzene rings is 2. The molecule has 0 unspecified atom stereocenters. The van der Waals surface area contributed by atoms with E-state index in [0.717, 1.165) is 5.56 Å². The molecular weight excluding hydrogens is 215 g/mol. The summed E-state index contributed by atoms with van der Waals surface area (Å²) in [7, 11) is 0. The zero-order valence-corrected chi connectivity index (χ0v) is 8.81. The van der Waals surface area contributed by atoms with Gasteiger partial charge in [-0.1, -0.05) is 18.2 Å². The van der Waals surface area contributed by atoms with E-state index in [1.165, 1.54) is 12.1 Å². The molecule has 0 saturated heterocycles. The van der Waals surface area contributed by atoms with E-state index < -0.39 is 5.82 Å². The maximum absolute atomic E-state index is 13.4. The maximum Gasteiger partial charge on any atom is 0.141 e. The minimum atomic E-state index is -0.533. The topological polar surface area (TPSA) is 47.6 Å². The minimum absolute atomic E-state index is 0.0300. The second kappa shape index (κ2) is 4.47. The fraction of sp³-hybridized carbons (Fsp3) is 0. The Labute approximate surface area is 98.2 Å². The minimum Gasteiger partial charge on any atom is -0.206 e. The van der Waals surface area contributed by atoms with Gasteiger partial charge in [-0.3, -0.25) is 0 Å². The monoisotopic (exact) mass is 222 g/mol. The van der Waals surface area contributed by atoms with E-state index in [1.54, 1.807) is 36.4 Å². The van der Waals surface area contributed by atoms with E-state index >= 15 is 0 Å². The Morgan fingerprint density at radius 2 is 1.47 bits per heavy atom. The second-order valence-electron chi connectivity index (χ2n) is 3.50. The first-order valence-corrected chi connectivity index (χ1v) is 4.95. The van der Waals surface area contributed by atoms with Crippen molar-refractivity contribution in [2.75, 3.05) is 0 Å². The molecule has 0 atom stereocenters. The fourth-order valence-corrected chi connectivity index (χ4v) is 1.52. The highest BCUT2D eigenvalue weighted by molar-refractivity contribution is 5.65. The highest BCUT2D eigenvalue weighted by Crippen LogP contribution is 2.22. The molecule has 0 aliphatic carbocycles. The predicted octanol–water partition coefficient (Wildman–Crippen LogP) is 3.24. The SMILES string of the molecule is N#Cc1ccc(-c2ccc(C#N)c(F)c2)cc1. The van der Waals surface area contributed by atoms with Gasteiger partial charge in [0.25, 0.3) is 0 Å². The number of hydrogen-bond acceptors (Lipinski definition) is 2. The molecule has 17 heavy (non-hydrogen) atoms. The summed E-state index contributed by atoms with van der Waals surface area (Å²) < 4.78 is 13.4. The summed E-state index contributed by atoms with van der Waals surface area (Å²) in [4.78, 5) is 0. The van der Waals surface area contributed by atoms with E-state index in [9.17, 15) is 4.39 Å². The average Bonchev–Trinajstić information content (AvgIpc) is 2.39. The highest BCUT2D eigenvalue weighted by atomic mass is 19.1. The van der Waals surface area contributed by atoms with Crippen LogP contribution < -0.4 is 0 Å². The standard InChI is InChI=1S/C14H7FN2/c15-14-7-12(5-6-13(14)9-17)11-3-1-10(8-16)2-4-11/h1-7H. The highest BCUT2D eigenvalue weighted by Gasteiger charge is 2.04. The van der Waals surface area contributed by atoms with Crippen molar-refractivity contribution in [3.8, 4) is 23.3 Å². The Bertz CT molecular complexity index is 631. The smallest absolute Gasteiger partial charge is 0.141 e. The van der Waals surface area contributed by atoms with Gasteiger partial charge in [-0.15, -0.1) is 0 Å². The molecule has 0 aliphatic rings. The normalized spacial score (nSPS) is 9.35. The fourth-order valence-electron chi connectivity index (χ4n) is 1.52. The molecule has 0 fully saturated rings. The van der Waals surface area contributed by atoms with Crippen molar-refractivity contribution >= 4 is 0 Å². The van der Waals surface area contributed by atoms with Crippen molar-refractivity contribution in [1.29, 1.82) is 10.5 Å². The van der Waals surface area contributed by atoms with Crippen molar-refractivity contribution in [3.05, 3.63) is 59.4 Å². The lowest BCUT2D eigenvalue weighted by atomic mass is 10.0. The van der Waals surface area contributed by atoms with Crippen LogP contribution in [0.15, 0.2) is 42.5 Å². The Kier molecular flexibility index (Phi) is 2.85. The number of nitrogens with zero attached hydrogens (tertiary/aromatic N) is 2. The van der Waals surface area contributed by atoms with Crippen molar-refractivity contribution < 1.29 is 4.39 Å². The zero-order chi connectivity index (χ0) is 12.3. The molecule has 0 radical (unpaired) electrons. The third-order valence-electron chi connectivity index (χ3n) is 2.44. The van der Waals surface area contributed by atoms with Crippen LogP contribution in [0.3, 0.4) is 0 Å². The Hall–Kier alpha value is -2.65. The van der Waals surface area contributed by atoms with Gasteiger partial charge in [0.15, 0.2) is 0 Å². The van der Waals surface area contributed by atoms with Crippen LogP contribution in [-0.2, 0) is 0 Å². The molecule has 2 aromatic carbocycles. The first-order chi connectivity index (χ1) is 8.24. The number of hydrogen-bond donors (Lipinski definition) is 0. The first-order valence-electron chi connectivity index (χ1n) is 4.95. The van der Waals surface area contributed by atoms with E-state index in [4.69, 9.17) is 10.5 Å². The molecule has 0 bridgehead atoms. The number of nitriles is 2. The summed E-state index contributed by atoms with van der Waals surface area (Å²) in [6, 6.07) is 15.1. The molecule has 80 valence electrons. The summed E-state index contributed by atoms with van der Waals surface area (Å²) in [6.45, 7) is 0. The van der Waals surface area contributed by atoms with Gasteiger partial charge in [-0.2, -0.15) is 10.5 Å². The zero-order valence-electron chi connectivity index (χ0n) is 8.81. The van der Waals surface area contributed by atoms with Crippen molar-refractivity contribution in [3.63, 3.8) is 0 Å². The summed E-state index contributed by atoms with van der Waals surface area (Å²) in [5, 5.41) is 17.3. The molecule has 2 nitrogen and oxygen atoms in total. The van der Waals surface area contributed by atoms with Crippen LogP contribution in [0.25, 0.3) is 11.1 Å². The van der Waals surface area contributed by atoms with Gasteiger partial charge in [0.05, 0.1) is 17.2 Å². The average molecular weight is 222 g/mol. The first kappa shape index (κ1) is 10.9. The maximum atomic E-state index is 13.4. The van der Waals surface area contributed by atoms with E-state index in [2.05, 4.69) is 0 Å². The van der Waals surface area contributed by atoms with Crippen LogP contribution in [0.4, 0.5) is 4.39 Å². The number of halogens is 1. The van der Waals surface area contributed by atoms with Crippen LogP contribution in [0, 0.1) is 28.5 Å². The van der Waals surface area contributed by atoms with E-state index in [1.807, 2.05) is 6.07 Å².